The first-order chi connectivity index (χ1) is 13.4. The highest BCUT2D eigenvalue weighted by molar-refractivity contribution is 5.82. The van der Waals surface area contributed by atoms with E-state index in [2.05, 4.69) is 84.9 Å². The molecule has 0 atom stereocenters. The highest BCUT2D eigenvalue weighted by Gasteiger charge is 2.27. The van der Waals surface area contributed by atoms with Gasteiger partial charge < -0.3 is 0 Å². The second kappa shape index (κ2) is 5.69. The van der Waals surface area contributed by atoms with Gasteiger partial charge in [-0.3, -0.25) is 0 Å². The van der Waals surface area contributed by atoms with Gasteiger partial charge in [-0.15, -0.1) is 0 Å². The molecule has 0 nitrogen and oxygen atoms in total. The van der Waals surface area contributed by atoms with E-state index in [4.69, 9.17) is 0 Å². The van der Waals surface area contributed by atoms with Gasteiger partial charge in [-0.25, -0.2) is 0 Å². The summed E-state index contributed by atoms with van der Waals surface area (Å²) in [6, 6.07) is 31.3. The molecular formula is C27H20. The Morgan fingerprint density at radius 1 is 0.407 bits per heavy atom. The van der Waals surface area contributed by atoms with E-state index in [0.29, 0.717) is 0 Å². The molecule has 128 valence electrons. The normalized spacial score (nSPS) is 13.5. The van der Waals surface area contributed by atoms with Gasteiger partial charge in [-0.05, 0) is 74.9 Å². The largest absolute Gasteiger partial charge is 0.0622 e. The van der Waals surface area contributed by atoms with Crippen molar-refractivity contribution in [3.05, 3.63) is 118 Å². The Morgan fingerprint density at radius 3 is 2.00 bits per heavy atom. The number of hydrogen-bond acceptors (Lipinski definition) is 0. The van der Waals surface area contributed by atoms with Gasteiger partial charge in [-0.2, -0.15) is 0 Å². The highest BCUT2D eigenvalue weighted by atomic mass is 14.3. The van der Waals surface area contributed by atoms with Crippen LogP contribution in [0.15, 0.2) is 84.9 Å². The average Bonchev–Trinajstić information content (AvgIpc) is 3.11. The zero-order valence-electron chi connectivity index (χ0n) is 15.2. The van der Waals surface area contributed by atoms with Crippen molar-refractivity contribution in [2.75, 3.05) is 0 Å². The summed E-state index contributed by atoms with van der Waals surface area (Å²) in [7, 11) is 0. The lowest BCUT2D eigenvalue weighted by atomic mass is 9.79. The van der Waals surface area contributed by atoms with Crippen LogP contribution in [0.4, 0.5) is 0 Å². The maximum Gasteiger partial charge on any atom is -0.000764 e. The molecule has 0 bridgehead atoms. The van der Waals surface area contributed by atoms with E-state index in [0.717, 1.165) is 19.3 Å². The summed E-state index contributed by atoms with van der Waals surface area (Å²) < 4.78 is 0. The molecule has 2 aliphatic rings. The Bertz CT molecular complexity index is 1180. The molecule has 0 amide bonds. The van der Waals surface area contributed by atoms with Crippen molar-refractivity contribution in [3.63, 3.8) is 0 Å². The number of benzene rings is 4. The molecule has 4 aromatic rings. The number of fused-ring (bicyclic) bond motifs is 6. The molecule has 0 aromatic heterocycles. The quantitative estimate of drug-likeness (QED) is 0.323. The third-order valence-corrected chi connectivity index (χ3v) is 6.26. The van der Waals surface area contributed by atoms with Crippen LogP contribution in [0.25, 0.3) is 22.3 Å². The van der Waals surface area contributed by atoms with E-state index in [1.165, 1.54) is 50.1 Å². The maximum absolute atomic E-state index is 2.37. The minimum absolute atomic E-state index is 1.03. The summed E-state index contributed by atoms with van der Waals surface area (Å²) >= 11 is 0. The van der Waals surface area contributed by atoms with Crippen LogP contribution in [0.2, 0.25) is 0 Å². The van der Waals surface area contributed by atoms with E-state index < -0.39 is 0 Å². The Kier molecular flexibility index (Phi) is 3.16. The molecule has 0 fully saturated rings. The van der Waals surface area contributed by atoms with Crippen LogP contribution in [0.5, 0.6) is 0 Å². The Labute approximate surface area is 160 Å². The molecule has 0 aliphatic heterocycles. The topological polar surface area (TPSA) is 0 Å². The predicted octanol–water partition coefficient (Wildman–Crippen LogP) is 6.42. The molecule has 2 aliphatic carbocycles. The lowest BCUT2D eigenvalue weighted by molar-refractivity contribution is 1.00. The van der Waals surface area contributed by atoms with Gasteiger partial charge in [-0.1, -0.05) is 84.9 Å². The van der Waals surface area contributed by atoms with Gasteiger partial charge in [0.1, 0.15) is 0 Å². The van der Waals surface area contributed by atoms with E-state index >= 15 is 0 Å². The fraction of sp³-hybridized carbons (Fsp3) is 0.111. The van der Waals surface area contributed by atoms with Crippen molar-refractivity contribution in [1.82, 2.24) is 0 Å². The van der Waals surface area contributed by atoms with Crippen LogP contribution < -0.4 is 0 Å². The standard InChI is InChI=1S/C27H20/c1-2-7-18(8-3-1)23-12-6-10-20-15-21-13-14-22-16-19-9-4-5-11-24(19)27(22)26(21)17-25(20)23/h1-14H,15-17H2. The van der Waals surface area contributed by atoms with Gasteiger partial charge in [0.2, 0.25) is 0 Å². The minimum Gasteiger partial charge on any atom is -0.0622 e. The summed E-state index contributed by atoms with van der Waals surface area (Å²) in [4.78, 5) is 0. The van der Waals surface area contributed by atoms with E-state index in [-0.39, 0.29) is 0 Å². The molecule has 0 unspecified atom stereocenters. The second-order valence-corrected chi connectivity index (χ2v) is 7.73. The Balaban J connectivity index is 1.55. The molecule has 0 heterocycles. The van der Waals surface area contributed by atoms with Gasteiger partial charge in [0.15, 0.2) is 0 Å². The van der Waals surface area contributed by atoms with Crippen LogP contribution in [0.1, 0.15) is 33.4 Å². The first-order valence-electron chi connectivity index (χ1n) is 9.76. The van der Waals surface area contributed by atoms with Crippen LogP contribution >= 0.6 is 0 Å². The fourth-order valence-electron chi connectivity index (χ4n) is 4.99. The number of rotatable bonds is 1. The van der Waals surface area contributed by atoms with Gasteiger partial charge in [0.05, 0.1) is 0 Å². The summed E-state index contributed by atoms with van der Waals surface area (Å²) in [5.74, 6) is 0. The van der Waals surface area contributed by atoms with Crippen molar-refractivity contribution >= 4 is 0 Å². The van der Waals surface area contributed by atoms with Crippen LogP contribution in [-0.2, 0) is 19.3 Å². The molecule has 4 aromatic carbocycles. The summed E-state index contributed by atoms with van der Waals surface area (Å²) in [5.41, 5.74) is 14.7. The van der Waals surface area contributed by atoms with Crippen LogP contribution in [0.3, 0.4) is 0 Å². The van der Waals surface area contributed by atoms with Gasteiger partial charge in [0.25, 0.3) is 0 Å². The summed E-state index contributed by atoms with van der Waals surface area (Å²) in [6.45, 7) is 0. The van der Waals surface area contributed by atoms with E-state index in [1.807, 2.05) is 0 Å². The smallest absolute Gasteiger partial charge is 0.000764 e. The lowest BCUT2D eigenvalue weighted by Crippen LogP contribution is -2.10. The van der Waals surface area contributed by atoms with E-state index in [9.17, 15) is 0 Å². The predicted molar refractivity (Wildman–Crippen MR) is 112 cm³/mol. The first-order valence-corrected chi connectivity index (χ1v) is 9.76. The maximum atomic E-state index is 2.37. The third kappa shape index (κ3) is 2.23. The number of hydrogen-bond donors (Lipinski definition) is 0. The second-order valence-electron chi connectivity index (χ2n) is 7.73. The fourth-order valence-corrected chi connectivity index (χ4v) is 4.99. The molecule has 0 saturated heterocycles. The third-order valence-electron chi connectivity index (χ3n) is 6.26. The molecular weight excluding hydrogens is 324 g/mol. The molecule has 0 saturated carbocycles. The monoisotopic (exact) mass is 344 g/mol. The summed E-state index contributed by atoms with van der Waals surface area (Å²) in [5, 5.41) is 0. The Hall–Kier alpha value is -3.12. The van der Waals surface area contributed by atoms with E-state index in [1.54, 1.807) is 5.56 Å². The SMILES string of the molecule is c1ccc(-c2cccc3c2Cc2c(ccc4c2-c2ccccc2C4)C3)cc1. The van der Waals surface area contributed by atoms with Crippen molar-refractivity contribution in [3.8, 4) is 22.3 Å². The molecule has 0 spiro atoms. The van der Waals surface area contributed by atoms with Gasteiger partial charge in [0, 0.05) is 0 Å². The molecule has 0 heteroatoms. The van der Waals surface area contributed by atoms with Crippen molar-refractivity contribution in [2.24, 2.45) is 0 Å². The van der Waals surface area contributed by atoms with Crippen molar-refractivity contribution in [1.29, 1.82) is 0 Å². The van der Waals surface area contributed by atoms with Crippen LogP contribution in [-0.4, -0.2) is 0 Å². The molecule has 27 heavy (non-hydrogen) atoms. The zero-order valence-corrected chi connectivity index (χ0v) is 15.2. The first kappa shape index (κ1) is 15.0. The zero-order chi connectivity index (χ0) is 17.8. The highest BCUT2D eigenvalue weighted by Crippen LogP contribution is 2.44. The molecule has 0 radical (unpaired) electrons. The minimum atomic E-state index is 1.03. The van der Waals surface area contributed by atoms with Gasteiger partial charge >= 0.3 is 0 Å². The van der Waals surface area contributed by atoms with Crippen LogP contribution in [0, 0.1) is 0 Å². The average molecular weight is 344 g/mol. The van der Waals surface area contributed by atoms with Crippen molar-refractivity contribution < 1.29 is 0 Å². The molecule has 6 rings (SSSR count). The lowest BCUT2D eigenvalue weighted by Gasteiger charge is -2.25. The van der Waals surface area contributed by atoms with Crippen molar-refractivity contribution in [2.45, 2.75) is 19.3 Å². The molecule has 0 N–H and O–H groups in total. The summed E-state index contributed by atoms with van der Waals surface area (Å²) in [6.07, 6.45) is 3.15. The Morgan fingerprint density at radius 2 is 1.07 bits per heavy atom.